The molecule has 0 saturated heterocycles. The van der Waals surface area contributed by atoms with Gasteiger partial charge in [0.05, 0.1) is 12.2 Å². The largest absolute Gasteiger partial charge is 0.456 e. The first-order chi connectivity index (χ1) is 23.2. The highest BCUT2D eigenvalue weighted by atomic mass is 16.6. The lowest BCUT2D eigenvalue weighted by molar-refractivity contribution is -0.179. The van der Waals surface area contributed by atoms with Gasteiger partial charge in [-0.2, -0.15) is 0 Å². The number of hydrogen-bond donors (Lipinski definition) is 1. The van der Waals surface area contributed by atoms with E-state index < -0.39 is 11.2 Å². The number of hydrogen-bond acceptors (Lipinski definition) is 5. The van der Waals surface area contributed by atoms with Crippen molar-refractivity contribution in [2.75, 3.05) is 19.7 Å². The second kappa shape index (κ2) is 13.0. The molecule has 6 heteroatoms. The molecule has 4 saturated carbocycles. The first-order valence-electron chi connectivity index (χ1n) is 19.9. The van der Waals surface area contributed by atoms with Crippen LogP contribution in [-0.4, -0.2) is 53.0 Å². The van der Waals surface area contributed by atoms with Crippen molar-refractivity contribution >= 4 is 17.6 Å². The standard InChI is InChI=1S/C44H67NO5/c1-39(2,3)49-37(47)30-15-13-29(14-16-30)32-19-23-43(10)35(41(32,7)8)21-24-42(9)33-20-25-44(22-11-12-34(44)31(33)17-18-36(42)43)28-45(26-27-46)38(48)50-40(4,5)6/h13-16,19,31,33-36,46H,11-12,17-18,20-28H2,1-10H3. The Bertz CT molecular complexity index is 1460. The summed E-state index contributed by atoms with van der Waals surface area (Å²) in [4.78, 5) is 27.9. The fourth-order valence-electron chi connectivity index (χ4n) is 12.9. The van der Waals surface area contributed by atoms with Crippen molar-refractivity contribution in [1.82, 2.24) is 4.90 Å². The monoisotopic (exact) mass is 690 g/mol. The van der Waals surface area contributed by atoms with Gasteiger partial charge < -0.3 is 19.5 Å². The zero-order valence-corrected chi connectivity index (χ0v) is 33.0. The zero-order chi connectivity index (χ0) is 36.5. The molecule has 1 aromatic carbocycles. The van der Waals surface area contributed by atoms with Gasteiger partial charge >= 0.3 is 12.1 Å². The van der Waals surface area contributed by atoms with E-state index in [4.69, 9.17) is 9.47 Å². The Morgan fingerprint density at radius 2 is 1.48 bits per heavy atom. The maximum absolute atomic E-state index is 13.3. The van der Waals surface area contributed by atoms with Gasteiger partial charge in [0.2, 0.25) is 0 Å². The number of rotatable bonds is 6. The molecule has 0 radical (unpaired) electrons. The molecule has 6 rings (SSSR count). The molecule has 278 valence electrons. The number of benzene rings is 1. The summed E-state index contributed by atoms with van der Waals surface area (Å²) in [5.74, 6) is 3.13. The van der Waals surface area contributed by atoms with Crippen molar-refractivity contribution in [2.24, 2.45) is 51.2 Å². The minimum Gasteiger partial charge on any atom is -0.456 e. The molecule has 8 atom stereocenters. The number of nitrogens with zero attached hydrogens (tertiary/aromatic N) is 1. The third-order valence-electron chi connectivity index (χ3n) is 14.6. The number of allylic oxidation sites excluding steroid dienone is 2. The molecule has 0 aliphatic heterocycles. The lowest BCUT2D eigenvalue weighted by atomic mass is 9.36. The van der Waals surface area contributed by atoms with Gasteiger partial charge in [-0.15, -0.1) is 0 Å². The molecule has 6 nitrogen and oxygen atoms in total. The smallest absolute Gasteiger partial charge is 0.410 e. The number of aliphatic hydroxyl groups excluding tert-OH is 1. The Morgan fingerprint density at radius 1 is 0.800 bits per heavy atom. The normalized spacial score (nSPS) is 36.2. The summed E-state index contributed by atoms with van der Waals surface area (Å²) in [6.07, 6.45) is 14.7. The van der Waals surface area contributed by atoms with Gasteiger partial charge in [-0.05, 0) is 174 Å². The molecule has 4 fully saturated rings. The van der Waals surface area contributed by atoms with Crippen LogP contribution in [-0.2, 0) is 9.47 Å². The zero-order valence-electron chi connectivity index (χ0n) is 33.0. The summed E-state index contributed by atoms with van der Waals surface area (Å²) in [6, 6.07) is 8.15. The highest BCUT2D eigenvalue weighted by molar-refractivity contribution is 5.90. The van der Waals surface area contributed by atoms with Gasteiger partial charge in [-0.3, -0.25) is 0 Å². The number of carbonyl (C=O) groups excluding carboxylic acids is 2. The van der Waals surface area contributed by atoms with Crippen molar-refractivity contribution in [3.8, 4) is 0 Å². The Balaban J connectivity index is 1.22. The summed E-state index contributed by atoms with van der Waals surface area (Å²) in [5, 5.41) is 9.93. The summed E-state index contributed by atoms with van der Waals surface area (Å²) < 4.78 is 11.5. The van der Waals surface area contributed by atoms with E-state index in [1.54, 1.807) is 0 Å². The van der Waals surface area contributed by atoms with E-state index in [0.717, 1.165) is 18.9 Å². The van der Waals surface area contributed by atoms with Crippen molar-refractivity contribution < 1.29 is 24.2 Å². The summed E-state index contributed by atoms with van der Waals surface area (Å²) in [6.45, 7) is 22.8. The fraction of sp³-hybridized carbons (Fsp3) is 0.773. The maximum Gasteiger partial charge on any atom is 0.410 e. The van der Waals surface area contributed by atoms with Crippen molar-refractivity contribution in [3.05, 3.63) is 41.5 Å². The van der Waals surface area contributed by atoms with Crippen molar-refractivity contribution in [2.45, 2.75) is 145 Å². The number of fused-ring (bicyclic) bond motifs is 7. The average Bonchev–Trinajstić information content (AvgIpc) is 3.43. The van der Waals surface area contributed by atoms with Crippen molar-refractivity contribution in [1.29, 1.82) is 0 Å². The highest BCUT2D eigenvalue weighted by Crippen LogP contribution is 2.73. The quantitative estimate of drug-likeness (QED) is 0.301. The predicted octanol–water partition coefficient (Wildman–Crippen LogP) is 10.3. The molecule has 8 unspecified atom stereocenters. The topological polar surface area (TPSA) is 76.1 Å². The second-order valence-electron chi connectivity index (χ2n) is 20.2. The van der Waals surface area contributed by atoms with Gasteiger partial charge in [-0.25, -0.2) is 9.59 Å². The summed E-state index contributed by atoms with van der Waals surface area (Å²) in [7, 11) is 0. The number of esters is 1. The molecule has 0 heterocycles. The van der Waals surface area contributed by atoms with E-state index in [2.05, 4.69) is 45.9 Å². The Kier molecular flexibility index (Phi) is 9.69. The molecule has 50 heavy (non-hydrogen) atoms. The van der Waals surface area contributed by atoms with Crippen LogP contribution in [0.4, 0.5) is 4.79 Å². The molecule has 5 aliphatic rings. The Hall–Kier alpha value is -2.34. The van der Waals surface area contributed by atoms with E-state index in [-0.39, 0.29) is 34.9 Å². The maximum atomic E-state index is 13.3. The number of aliphatic hydroxyl groups is 1. The van der Waals surface area contributed by atoms with Crippen LogP contribution < -0.4 is 0 Å². The molecule has 5 aliphatic carbocycles. The van der Waals surface area contributed by atoms with Crippen LogP contribution in [0.15, 0.2) is 30.3 Å². The third-order valence-corrected chi connectivity index (χ3v) is 14.6. The molecular formula is C44H67NO5. The molecule has 1 amide bonds. The van der Waals surface area contributed by atoms with E-state index >= 15 is 0 Å². The van der Waals surface area contributed by atoms with Crippen molar-refractivity contribution in [3.63, 3.8) is 0 Å². The van der Waals surface area contributed by atoms with Crippen LogP contribution in [0.25, 0.3) is 5.57 Å². The first kappa shape index (κ1) is 37.4. The molecule has 1 aromatic rings. The predicted molar refractivity (Wildman–Crippen MR) is 201 cm³/mol. The van der Waals surface area contributed by atoms with Gasteiger partial charge in [0.1, 0.15) is 11.2 Å². The Labute approximate surface area is 303 Å². The second-order valence-corrected chi connectivity index (χ2v) is 20.2. The van der Waals surface area contributed by atoms with E-state index in [1.807, 2.05) is 58.6 Å². The highest BCUT2D eigenvalue weighted by Gasteiger charge is 2.65. The average molecular weight is 690 g/mol. The van der Waals surface area contributed by atoms with E-state index in [1.165, 1.54) is 68.9 Å². The Morgan fingerprint density at radius 3 is 2.12 bits per heavy atom. The van der Waals surface area contributed by atoms with Crippen LogP contribution in [0, 0.1) is 51.2 Å². The van der Waals surface area contributed by atoms with E-state index in [9.17, 15) is 14.7 Å². The lowest BCUT2D eigenvalue weighted by Crippen LogP contribution is -2.61. The van der Waals surface area contributed by atoms with Gasteiger partial charge in [-0.1, -0.05) is 52.3 Å². The summed E-state index contributed by atoms with van der Waals surface area (Å²) >= 11 is 0. The first-order valence-corrected chi connectivity index (χ1v) is 19.9. The minimum atomic E-state index is -0.548. The molecule has 0 spiro atoms. The summed E-state index contributed by atoms with van der Waals surface area (Å²) in [5.41, 5.74) is 2.96. The van der Waals surface area contributed by atoms with Crippen LogP contribution in [0.3, 0.4) is 0 Å². The molecule has 0 aromatic heterocycles. The molecular weight excluding hydrogens is 622 g/mol. The van der Waals surface area contributed by atoms with Crippen LogP contribution in [0.5, 0.6) is 0 Å². The third kappa shape index (κ3) is 6.58. The van der Waals surface area contributed by atoms with Crippen LogP contribution >= 0.6 is 0 Å². The minimum absolute atomic E-state index is 0.0314. The van der Waals surface area contributed by atoms with Crippen LogP contribution in [0.2, 0.25) is 0 Å². The number of carbonyl (C=O) groups is 2. The molecule has 0 bridgehead atoms. The van der Waals surface area contributed by atoms with E-state index in [0.29, 0.717) is 41.2 Å². The lowest BCUT2D eigenvalue weighted by Gasteiger charge is -2.68. The van der Waals surface area contributed by atoms with Crippen LogP contribution in [0.1, 0.15) is 149 Å². The van der Waals surface area contributed by atoms with Gasteiger partial charge in [0, 0.05) is 13.1 Å². The number of amides is 1. The van der Waals surface area contributed by atoms with Gasteiger partial charge in [0.25, 0.3) is 0 Å². The molecule has 1 N–H and O–H groups in total. The SMILES string of the molecule is CC(C)(C)OC(=O)c1ccc(C2=CCC3(C)C(CCC4(C)C5CCC6(CN(CCO)C(=O)OC(C)(C)C)CCCC6C5CCC43)C2(C)C)cc1. The fourth-order valence-corrected chi connectivity index (χ4v) is 12.9. The van der Waals surface area contributed by atoms with Gasteiger partial charge in [0.15, 0.2) is 0 Å². The number of ether oxygens (including phenoxy) is 2.